The van der Waals surface area contributed by atoms with E-state index < -0.39 is 11.5 Å². The summed E-state index contributed by atoms with van der Waals surface area (Å²) in [5, 5.41) is 2.55. The topological polar surface area (TPSA) is 97.6 Å². The minimum Gasteiger partial charge on any atom is -0.317 e. The molecule has 7 heteroatoms. The Morgan fingerprint density at radius 3 is 2.68 bits per heavy atom. The molecule has 126 valence electrons. The lowest BCUT2D eigenvalue weighted by Crippen LogP contribution is -2.31. The van der Waals surface area contributed by atoms with E-state index in [-0.39, 0.29) is 18.1 Å². The standard InChI is InChI=1S/C18H15N3O4/c22-11-19-10-21-15-7-4-8-16(23)13(15)9-14(18(21)25)20-17(24)12-5-2-1-3-6-12/h1-3,5-6,9H,4,7-8,10H2,(H,20,24). The van der Waals surface area contributed by atoms with Gasteiger partial charge in [0, 0.05) is 23.2 Å². The van der Waals surface area contributed by atoms with Crippen molar-refractivity contribution >= 4 is 23.5 Å². The molecule has 1 aromatic carbocycles. The number of carbonyl (C=O) groups excluding carboxylic acids is 3. The highest BCUT2D eigenvalue weighted by Gasteiger charge is 2.23. The van der Waals surface area contributed by atoms with Gasteiger partial charge < -0.3 is 5.32 Å². The first-order valence-corrected chi connectivity index (χ1v) is 7.81. The number of benzene rings is 1. The van der Waals surface area contributed by atoms with Gasteiger partial charge in [-0.05, 0) is 31.0 Å². The number of anilines is 1. The van der Waals surface area contributed by atoms with Crippen LogP contribution in [0, 0.1) is 0 Å². The lowest BCUT2D eigenvalue weighted by Gasteiger charge is -2.20. The summed E-state index contributed by atoms with van der Waals surface area (Å²) >= 11 is 0. The van der Waals surface area contributed by atoms with Gasteiger partial charge in [-0.1, -0.05) is 18.2 Å². The van der Waals surface area contributed by atoms with Gasteiger partial charge in [0.2, 0.25) is 6.08 Å². The van der Waals surface area contributed by atoms with Gasteiger partial charge in [-0.25, -0.2) is 4.79 Å². The maximum Gasteiger partial charge on any atom is 0.276 e. The Morgan fingerprint density at radius 1 is 1.20 bits per heavy atom. The molecule has 0 radical (unpaired) electrons. The minimum atomic E-state index is -0.503. The molecule has 25 heavy (non-hydrogen) atoms. The number of ketones is 1. The van der Waals surface area contributed by atoms with Crippen LogP contribution in [0.4, 0.5) is 5.69 Å². The monoisotopic (exact) mass is 337 g/mol. The highest BCUT2D eigenvalue weighted by atomic mass is 16.2. The molecule has 2 aromatic rings. The Hall–Kier alpha value is -3.31. The molecule has 0 spiro atoms. The van der Waals surface area contributed by atoms with Crippen LogP contribution >= 0.6 is 0 Å². The summed E-state index contributed by atoms with van der Waals surface area (Å²) in [5.41, 5.74) is 0.803. The number of hydrogen-bond donors (Lipinski definition) is 1. The molecule has 7 nitrogen and oxygen atoms in total. The second kappa shape index (κ2) is 7.07. The van der Waals surface area contributed by atoms with Gasteiger partial charge in [-0.3, -0.25) is 19.0 Å². The van der Waals surface area contributed by atoms with Gasteiger partial charge in [0.15, 0.2) is 5.78 Å². The van der Waals surface area contributed by atoms with Crippen molar-refractivity contribution in [2.24, 2.45) is 4.99 Å². The fraction of sp³-hybridized carbons (Fsp3) is 0.222. The number of fused-ring (bicyclic) bond motifs is 1. The number of isocyanates is 1. The Bertz CT molecular complexity index is 941. The Kier molecular flexibility index (Phi) is 4.68. The maximum atomic E-state index is 12.7. The lowest BCUT2D eigenvalue weighted by atomic mass is 9.94. The molecule has 1 aliphatic rings. The van der Waals surface area contributed by atoms with Crippen molar-refractivity contribution in [3.05, 3.63) is 63.6 Å². The van der Waals surface area contributed by atoms with Crippen LogP contribution in [0.5, 0.6) is 0 Å². The number of pyridine rings is 1. The lowest BCUT2D eigenvalue weighted by molar-refractivity contribution is 0.0968. The van der Waals surface area contributed by atoms with E-state index in [0.717, 1.165) is 0 Å². The Morgan fingerprint density at radius 2 is 1.96 bits per heavy atom. The third kappa shape index (κ3) is 3.32. The van der Waals surface area contributed by atoms with Crippen LogP contribution in [0.25, 0.3) is 0 Å². The first kappa shape index (κ1) is 16.5. The van der Waals surface area contributed by atoms with E-state index in [4.69, 9.17) is 0 Å². The van der Waals surface area contributed by atoms with Crippen LogP contribution in [-0.2, 0) is 17.9 Å². The van der Waals surface area contributed by atoms with Gasteiger partial charge in [0.1, 0.15) is 12.4 Å². The summed E-state index contributed by atoms with van der Waals surface area (Å²) < 4.78 is 1.25. The molecular weight excluding hydrogens is 322 g/mol. The molecule has 0 aliphatic heterocycles. The average Bonchev–Trinajstić information content (AvgIpc) is 2.63. The number of amides is 1. The molecule has 1 aliphatic carbocycles. The Labute approximate surface area is 143 Å². The first-order chi connectivity index (χ1) is 12.1. The van der Waals surface area contributed by atoms with Crippen molar-refractivity contribution in [1.29, 1.82) is 0 Å². The van der Waals surface area contributed by atoms with Crippen LogP contribution in [0.15, 0.2) is 46.2 Å². The third-order valence-corrected chi connectivity index (χ3v) is 4.08. The number of Topliss-reactive ketones (excluding diaryl/α,β-unsaturated/α-hetero) is 1. The number of carbonyl (C=O) groups is 2. The van der Waals surface area contributed by atoms with Crippen LogP contribution in [0.1, 0.15) is 39.3 Å². The molecule has 0 bridgehead atoms. The zero-order valence-corrected chi connectivity index (χ0v) is 13.3. The number of rotatable bonds is 4. The van der Waals surface area contributed by atoms with Crippen molar-refractivity contribution < 1.29 is 14.4 Å². The number of nitrogens with zero attached hydrogens (tertiary/aromatic N) is 2. The van der Waals surface area contributed by atoms with E-state index >= 15 is 0 Å². The predicted molar refractivity (Wildman–Crippen MR) is 90.5 cm³/mol. The van der Waals surface area contributed by atoms with Gasteiger partial charge in [-0.15, -0.1) is 0 Å². The maximum absolute atomic E-state index is 12.7. The van der Waals surface area contributed by atoms with Gasteiger partial charge in [0.25, 0.3) is 11.5 Å². The second-order valence-corrected chi connectivity index (χ2v) is 5.64. The zero-order chi connectivity index (χ0) is 17.8. The highest BCUT2D eigenvalue weighted by Crippen LogP contribution is 2.22. The summed E-state index contributed by atoms with van der Waals surface area (Å²) in [6.07, 6.45) is 2.94. The van der Waals surface area contributed by atoms with E-state index in [2.05, 4.69) is 10.3 Å². The zero-order valence-electron chi connectivity index (χ0n) is 13.3. The van der Waals surface area contributed by atoms with Crippen molar-refractivity contribution in [3.8, 4) is 0 Å². The van der Waals surface area contributed by atoms with Crippen LogP contribution in [-0.4, -0.2) is 22.3 Å². The van der Waals surface area contributed by atoms with Crippen LogP contribution < -0.4 is 10.9 Å². The normalized spacial score (nSPS) is 12.9. The SMILES string of the molecule is O=C=NCn1c2c(cc(NC(=O)c3ccccc3)c1=O)C(=O)CCC2. The van der Waals surface area contributed by atoms with Crippen LogP contribution in [0.2, 0.25) is 0 Å². The smallest absolute Gasteiger partial charge is 0.276 e. The molecule has 1 amide bonds. The van der Waals surface area contributed by atoms with E-state index in [1.165, 1.54) is 16.7 Å². The minimum absolute atomic E-state index is 0.0102. The third-order valence-electron chi connectivity index (χ3n) is 4.08. The van der Waals surface area contributed by atoms with E-state index in [1.54, 1.807) is 30.3 Å². The van der Waals surface area contributed by atoms with E-state index in [9.17, 15) is 19.2 Å². The summed E-state index contributed by atoms with van der Waals surface area (Å²) in [7, 11) is 0. The van der Waals surface area contributed by atoms with Crippen molar-refractivity contribution in [2.75, 3.05) is 5.32 Å². The molecule has 3 rings (SSSR count). The van der Waals surface area contributed by atoms with Crippen molar-refractivity contribution in [2.45, 2.75) is 25.9 Å². The molecule has 1 aromatic heterocycles. The van der Waals surface area contributed by atoms with E-state index in [0.29, 0.717) is 36.1 Å². The highest BCUT2D eigenvalue weighted by molar-refractivity contribution is 6.05. The van der Waals surface area contributed by atoms with Gasteiger partial charge in [0.05, 0.1) is 0 Å². The molecule has 1 heterocycles. The second-order valence-electron chi connectivity index (χ2n) is 5.64. The largest absolute Gasteiger partial charge is 0.317 e. The van der Waals surface area contributed by atoms with Crippen molar-refractivity contribution in [3.63, 3.8) is 0 Å². The average molecular weight is 337 g/mol. The summed E-state index contributed by atoms with van der Waals surface area (Å²) in [6.45, 7) is -0.229. The summed E-state index contributed by atoms with van der Waals surface area (Å²) in [6, 6.07) is 9.85. The number of aromatic nitrogens is 1. The Balaban J connectivity index is 2.06. The molecule has 1 N–H and O–H groups in total. The molecule has 0 saturated carbocycles. The fourth-order valence-corrected chi connectivity index (χ4v) is 2.89. The van der Waals surface area contributed by atoms with E-state index in [1.807, 2.05) is 0 Å². The molecule has 0 fully saturated rings. The van der Waals surface area contributed by atoms with Gasteiger partial charge >= 0.3 is 0 Å². The quantitative estimate of drug-likeness (QED) is 0.680. The summed E-state index contributed by atoms with van der Waals surface area (Å²) in [4.78, 5) is 51.0. The predicted octanol–water partition coefficient (Wildman–Crippen LogP) is 1.91. The summed E-state index contributed by atoms with van der Waals surface area (Å²) in [5.74, 6) is -0.549. The number of aliphatic imine (C=N–C) groups is 1. The van der Waals surface area contributed by atoms with Crippen molar-refractivity contribution in [1.82, 2.24) is 4.57 Å². The first-order valence-electron chi connectivity index (χ1n) is 7.81. The molecule has 0 atom stereocenters. The molecule has 0 saturated heterocycles. The van der Waals surface area contributed by atoms with Crippen LogP contribution in [0.3, 0.4) is 0 Å². The molecule has 0 unspecified atom stereocenters. The number of nitrogens with one attached hydrogen (secondary N) is 1. The molecular formula is C18H15N3O4. The fourth-order valence-electron chi connectivity index (χ4n) is 2.89. The van der Waals surface area contributed by atoms with Gasteiger partial charge in [-0.2, -0.15) is 4.99 Å². The number of hydrogen-bond acceptors (Lipinski definition) is 5.